The first-order valence-corrected chi connectivity index (χ1v) is 8.14. The first-order chi connectivity index (χ1) is 10.8. The Morgan fingerprint density at radius 1 is 1.23 bits per heavy atom. The Hall–Kier alpha value is -1.63. The molecule has 22 heavy (non-hydrogen) atoms. The topological polar surface area (TPSA) is 58.6 Å². The molecular weight excluding hydrogens is 300 g/mol. The fourth-order valence-corrected chi connectivity index (χ4v) is 2.61. The summed E-state index contributed by atoms with van der Waals surface area (Å²) in [4.78, 5) is 25.7. The van der Waals surface area contributed by atoms with Crippen LogP contribution in [-0.2, 0) is 9.53 Å². The second-order valence-electron chi connectivity index (χ2n) is 4.82. The van der Waals surface area contributed by atoms with Gasteiger partial charge in [0.2, 0.25) is 11.0 Å². The smallest absolute Gasteiger partial charge is 0.244 e. The van der Waals surface area contributed by atoms with Crippen molar-refractivity contribution in [1.82, 2.24) is 10.2 Å². The summed E-state index contributed by atoms with van der Waals surface area (Å²) in [6.45, 7) is 4.75. The van der Waals surface area contributed by atoms with Gasteiger partial charge in [0, 0.05) is 37.8 Å². The number of rotatable bonds is 6. The third kappa shape index (κ3) is 6.01. The summed E-state index contributed by atoms with van der Waals surface area (Å²) in [6, 6.07) is 9.00. The van der Waals surface area contributed by atoms with Crippen LogP contribution in [0.3, 0.4) is 0 Å². The molecule has 1 saturated heterocycles. The van der Waals surface area contributed by atoms with E-state index < -0.39 is 0 Å². The third-order valence-electron chi connectivity index (χ3n) is 3.23. The number of benzene rings is 1. The highest BCUT2D eigenvalue weighted by atomic mass is 32.2. The molecule has 6 heteroatoms. The molecule has 1 aromatic rings. The molecule has 118 valence electrons. The van der Waals surface area contributed by atoms with Crippen LogP contribution in [0.25, 0.3) is 0 Å². The standard InChI is InChI=1S/C16H20N2O3S/c19-15(17-7-8-18-9-11-21-12-10-18)6-13-22-16(20)14-4-2-1-3-5-14/h1-6,13H,7-12H2,(H,17,19). The van der Waals surface area contributed by atoms with Gasteiger partial charge >= 0.3 is 0 Å². The van der Waals surface area contributed by atoms with Gasteiger partial charge in [0.15, 0.2) is 0 Å². The monoisotopic (exact) mass is 320 g/mol. The van der Waals surface area contributed by atoms with Crippen molar-refractivity contribution in [2.24, 2.45) is 0 Å². The lowest BCUT2D eigenvalue weighted by molar-refractivity contribution is -0.116. The zero-order chi connectivity index (χ0) is 15.6. The lowest BCUT2D eigenvalue weighted by atomic mass is 10.2. The minimum absolute atomic E-state index is 0.0713. The van der Waals surface area contributed by atoms with E-state index in [4.69, 9.17) is 4.74 Å². The molecule has 0 radical (unpaired) electrons. The maximum absolute atomic E-state index is 11.8. The lowest BCUT2D eigenvalue weighted by Gasteiger charge is -2.26. The van der Waals surface area contributed by atoms with Crippen LogP contribution in [0.2, 0.25) is 0 Å². The number of hydrogen-bond acceptors (Lipinski definition) is 5. The minimum atomic E-state index is -0.179. The number of carbonyl (C=O) groups is 2. The normalized spacial score (nSPS) is 15.8. The molecule has 1 aliphatic rings. The zero-order valence-electron chi connectivity index (χ0n) is 12.4. The fraction of sp³-hybridized carbons (Fsp3) is 0.375. The molecule has 1 fully saturated rings. The summed E-state index contributed by atoms with van der Waals surface area (Å²) in [6.07, 6.45) is 1.39. The number of nitrogens with zero attached hydrogens (tertiary/aromatic N) is 1. The summed E-state index contributed by atoms with van der Waals surface area (Å²) in [5.74, 6) is -0.179. The van der Waals surface area contributed by atoms with Gasteiger partial charge in [-0.2, -0.15) is 0 Å². The van der Waals surface area contributed by atoms with Crippen molar-refractivity contribution in [3.05, 3.63) is 47.4 Å². The molecule has 5 nitrogen and oxygen atoms in total. The van der Waals surface area contributed by atoms with Gasteiger partial charge in [-0.25, -0.2) is 0 Å². The Kier molecular flexibility index (Phi) is 7.15. The van der Waals surface area contributed by atoms with Crippen molar-refractivity contribution in [3.63, 3.8) is 0 Å². The number of amides is 1. The van der Waals surface area contributed by atoms with Crippen molar-refractivity contribution in [2.45, 2.75) is 0 Å². The Morgan fingerprint density at radius 3 is 2.68 bits per heavy atom. The highest BCUT2D eigenvalue weighted by molar-refractivity contribution is 8.16. The van der Waals surface area contributed by atoms with E-state index in [-0.39, 0.29) is 11.0 Å². The van der Waals surface area contributed by atoms with E-state index in [1.165, 1.54) is 11.5 Å². The number of thioether (sulfide) groups is 1. The van der Waals surface area contributed by atoms with E-state index in [0.29, 0.717) is 12.1 Å². The summed E-state index contributed by atoms with van der Waals surface area (Å²) in [5.41, 5.74) is 0.630. The maximum Gasteiger partial charge on any atom is 0.244 e. The Morgan fingerprint density at radius 2 is 1.95 bits per heavy atom. The molecule has 0 spiro atoms. The number of carbonyl (C=O) groups excluding carboxylic acids is 2. The maximum atomic E-state index is 11.8. The molecular formula is C16H20N2O3S. The van der Waals surface area contributed by atoms with Gasteiger partial charge in [-0.05, 0) is 5.41 Å². The van der Waals surface area contributed by atoms with Gasteiger partial charge in [-0.3, -0.25) is 14.5 Å². The van der Waals surface area contributed by atoms with Crippen LogP contribution in [0.5, 0.6) is 0 Å². The summed E-state index contributed by atoms with van der Waals surface area (Å²) >= 11 is 1.01. The van der Waals surface area contributed by atoms with Crippen molar-refractivity contribution in [3.8, 4) is 0 Å². The van der Waals surface area contributed by atoms with Gasteiger partial charge in [0.1, 0.15) is 0 Å². The third-order valence-corrected chi connectivity index (χ3v) is 3.96. The van der Waals surface area contributed by atoms with Crippen LogP contribution in [0.4, 0.5) is 0 Å². The highest BCUT2D eigenvalue weighted by Gasteiger charge is 2.09. The Balaban J connectivity index is 1.63. The summed E-state index contributed by atoms with van der Waals surface area (Å²) in [5, 5.41) is 4.27. The van der Waals surface area contributed by atoms with E-state index in [0.717, 1.165) is 44.6 Å². The van der Waals surface area contributed by atoms with Gasteiger partial charge < -0.3 is 10.1 Å². The first-order valence-electron chi connectivity index (χ1n) is 7.26. The molecule has 0 aliphatic carbocycles. The molecule has 1 aromatic carbocycles. The number of hydrogen-bond donors (Lipinski definition) is 1. The Labute approximate surface area is 134 Å². The van der Waals surface area contributed by atoms with E-state index in [1.807, 2.05) is 18.2 Å². The van der Waals surface area contributed by atoms with E-state index in [9.17, 15) is 9.59 Å². The number of nitrogens with one attached hydrogen (secondary N) is 1. The van der Waals surface area contributed by atoms with E-state index >= 15 is 0 Å². The molecule has 1 heterocycles. The van der Waals surface area contributed by atoms with E-state index in [1.54, 1.807) is 12.1 Å². The summed E-state index contributed by atoms with van der Waals surface area (Å²) < 4.78 is 5.26. The average Bonchev–Trinajstić information content (AvgIpc) is 2.56. The predicted octanol–water partition coefficient (Wildman–Crippen LogP) is 1.52. The molecule has 1 N–H and O–H groups in total. The molecule has 1 amide bonds. The molecule has 0 unspecified atom stereocenters. The van der Waals surface area contributed by atoms with Crippen LogP contribution < -0.4 is 5.32 Å². The predicted molar refractivity (Wildman–Crippen MR) is 87.8 cm³/mol. The van der Waals surface area contributed by atoms with Crippen LogP contribution in [0.1, 0.15) is 10.4 Å². The Bertz CT molecular complexity index is 513. The summed E-state index contributed by atoms with van der Waals surface area (Å²) in [7, 11) is 0. The second-order valence-corrected chi connectivity index (χ2v) is 5.70. The van der Waals surface area contributed by atoms with Gasteiger partial charge in [-0.1, -0.05) is 42.1 Å². The SMILES string of the molecule is O=C(C=CSC(=O)c1ccccc1)NCCN1CCOCC1. The fourth-order valence-electron chi connectivity index (χ4n) is 2.02. The van der Waals surface area contributed by atoms with Gasteiger partial charge in [-0.15, -0.1) is 0 Å². The minimum Gasteiger partial charge on any atom is -0.379 e. The van der Waals surface area contributed by atoms with Crippen LogP contribution in [0.15, 0.2) is 41.8 Å². The number of morpholine rings is 1. The lowest BCUT2D eigenvalue weighted by Crippen LogP contribution is -2.41. The van der Waals surface area contributed by atoms with Crippen molar-refractivity contribution in [1.29, 1.82) is 0 Å². The largest absolute Gasteiger partial charge is 0.379 e. The highest BCUT2D eigenvalue weighted by Crippen LogP contribution is 2.12. The average molecular weight is 320 g/mol. The molecule has 1 aliphatic heterocycles. The van der Waals surface area contributed by atoms with Crippen molar-refractivity contribution >= 4 is 22.8 Å². The molecule has 0 atom stereocenters. The quantitative estimate of drug-likeness (QED) is 0.806. The van der Waals surface area contributed by atoms with Crippen molar-refractivity contribution in [2.75, 3.05) is 39.4 Å². The molecule has 0 bridgehead atoms. The van der Waals surface area contributed by atoms with Crippen molar-refractivity contribution < 1.29 is 14.3 Å². The number of ether oxygens (including phenoxy) is 1. The molecule has 0 aromatic heterocycles. The second kappa shape index (κ2) is 9.40. The van der Waals surface area contributed by atoms with Gasteiger partial charge in [0.25, 0.3) is 0 Å². The molecule has 2 rings (SSSR count). The van der Waals surface area contributed by atoms with Gasteiger partial charge in [0.05, 0.1) is 13.2 Å². The van der Waals surface area contributed by atoms with Crippen LogP contribution >= 0.6 is 11.8 Å². The van der Waals surface area contributed by atoms with Crippen LogP contribution in [0, 0.1) is 0 Å². The first kappa shape index (κ1) is 16.7. The molecule has 0 saturated carbocycles. The zero-order valence-corrected chi connectivity index (χ0v) is 13.2. The van der Waals surface area contributed by atoms with E-state index in [2.05, 4.69) is 10.2 Å². The van der Waals surface area contributed by atoms with Crippen LogP contribution in [-0.4, -0.2) is 55.3 Å².